The maximum Gasteiger partial charge on any atom is 2.00 e. The van der Waals surface area contributed by atoms with Gasteiger partial charge in [-0.15, -0.1) is 6.07 Å². The van der Waals surface area contributed by atoms with Gasteiger partial charge >= 0.3 is 31.1 Å². The van der Waals surface area contributed by atoms with Crippen LogP contribution in [0.15, 0.2) is 30.5 Å². The Bertz CT molecular complexity index is 600. The number of rotatable bonds is 2. The van der Waals surface area contributed by atoms with Crippen LogP contribution in [0, 0.1) is 59.5 Å². The van der Waals surface area contributed by atoms with Gasteiger partial charge in [0.15, 0.2) is 0 Å². The molecule has 0 N–H and O–H groups in total. The van der Waals surface area contributed by atoms with Gasteiger partial charge in [0.25, 0.3) is 5.82 Å². The fourth-order valence-corrected chi connectivity index (χ4v) is 1.81. The van der Waals surface area contributed by atoms with E-state index in [0.717, 1.165) is 0 Å². The van der Waals surface area contributed by atoms with Gasteiger partial charge in [0.05, 0.1) is 12.0 Å². The van der Waals surface area contributed by atoms with Gasteiger partial charge < -0.3 is 10.1 Å². The van der Waals surface area contributed by atoms with Crippen molar-refractivity contribution in [1.29, 1.82) is 0 Å². The second-order valence-electron chi connectivity index (χ2n) is 3.41. The average Bonchev–Trinajstić information content (AvgIpc) is 2.45. The first-order valence-electron chi connectivity index (χ1n) is 5.37. The third-order valence-electron chi connectivity index (χ3n) is 2.13. The first kappa shape index (κ1) is 20.2. The summed E-state index contributed by atoms with van der Waals surface area (Å²) in [6.07, 6.45) is 3.03. The number of aromatic nitrogens is 1. The second kappa shape index (κ2) is 10.0. The SMILES string of the molecule is C[CH-]c1c(Cl)ccc(F)c1Cl.O=[N+]([O-])c1[c-]cccn1.[U+2]. The van der Waals surface area contributed by atoms with E-state index in [1.165, 1.54) is 24.4 Å². The van der Waals surface area contributed by atoms with Crippen molar-refractivity contribution in [2.24, 2.45) is 0 Å². The molecule has 0 amide bonds. The van der Waals surface area contributed by atoms with Gasteiger partial charge in [-0.3, -0.25) is 0 Å². The Morgan fingerprint density at radius 2 is 2.10 bits per heavy atom. The number of nitro groups is 1. The summed E-state index contributed by atoms with van der Waals surface area (Å²) in [6, 6.07) is 8.12. The average molecular weight is 553 g/mol. The maximum atomic E-state index is 12.7. The van der Waals surface area contributed by atoms with Gasteiger partial charge in [-0.1, -0.05) is 23.0 Å². The molecular formula is C13H9Cl2FN2O2U. The summed E-state index contributed by atoms with van der Waals surface area (Å²) in [6.45, 7) is 1.76. The zero-order chi connectivity index (χ0) is 15.1. The van der Waals surface area contributed by atoms with Crippen LogP contribution in [0.1, 0.15) is 12.5 Å². The van der Waals surface area contributed by atoms with E-state index in [9.17, 15) is 14.5 Å². The number of halogens is 3. The smallest absolute Gasteiger partial charge is 0.359 e. The van der Waals surface area contributed by atoms with E-state index in [0.29, 0.717) is 10.6 Å². The fraction of sp³-hybridized carbons (Fsp3) is 0.0769. The van der Waals surface area contributed by atoms with E-state index in [1.807, 2.05) is 0 Å². The summed E-state index contributed by atoms with van der Waals surface area (Å²) in [7, 11) is 0. The van der Waals surface area contributed by atoms with Crippen LogP contribution in [0.4, 0.5) is 10.2 Å². The summed E-state index contributed by atoms with van der Waals surface area (Å²) in [5.74, 6) is -0.679. The minimum absolute atomic E-state index is 0. The normalized spacial score (nSPS) is 8.95. The quantitative estimate of drug-likeness (QED) is 0.239. The van der Waals surface area contributed by atoms with E-state index in [-0.39, 0.29) is 42.0 Å². The molecule has 1 aromatic heterocycles. The molecule has 0 spiro atoms. The van der Waals surface area contributed by atoms with Crippen molar-refractivity contribution in [3.8, 4) is 0 Å². The second-order valence-corrected chi connectivity index (χ2v) is 4.19. The minimum Gasteiger partial charge on any atom is -0.359 e. The third kappa shape index (κ3) is 6.23. The van der Waals surface area contributed by atoms with Crippen LogP contribution in [0.5, 0.6) is 0 Å². The van der Waals surface area contributed by atoms with Crippen LogP contribution in [-0.2, 0) is 0 Å². The largest absolute Gasteiger partial charge is 2.00 e. The van der Waals surface area contributed by atoms with E-state index < -0.39 is 10.7 Å². The predicted octanol–water partition coefficient (Wildman–Crippen LogP) is 4.49. The van der Waals surface area contributed by atoms with Gasteiger partial charge in [0.1, 0.15) is 0 Å². The Kier molecular flexibility index (Phi) is 9.64. The molecule has 8 heteroatoms. The molecule has 0 fully saturated rings. The van der Waals surface area contributed by atoms with Gasteiger partial charge in [-0.05, 0) is 16.0 Å². The molecule has 0 aliphatic rings. The van der Waals surface area contributed by atoms with Crippen molar-refractivity contribution >= 4 is 29.0 Å². The van der Waals surface area contributed by atoms with Crippen molar-refractivity contribution < 1.29 is 40.4 Å². The standard InChI is InChI=1S/C8H6Cl2F.C5H3N2O2.U/c1-2-5-6(9)3-4-7(11)8(5)10;8-7(9)5-3-1-2-4-6-5;/h2-4H,1H3;1-2,4H;/q2*-1;+2. The fourth-order valence-electron chi connectivity index (χ4n) is 1.22. The number of nitrogens with zero attached hydrogens (tertiary/aromatic N) is 2. The molecule has 1 heterocycles. The van der Waals surface area contributed by atoms with E-state index in [4.69, 9.17) is 23.2 Å². The molecule has 0 saturated heterocycles. The number of pyridine rings is 1. The van der Waals surface area contributed by atoms with Crippen molar-refractivity contribution in [1.82, 2.24) is 4.98 Å². The van der Waals surface area contributed by atoms with Gasteiger partial charge in [0, 0.05) is 0 Å². The molecule has 108 valence electrons. The Morgan fingerprint density at radius 3 is 2.48 bits per heavy atom. The third-order valence-corrected chi connectivity index (χ3v) is 2.85. The molecule has 2 aromatic rings. The molecule has 0 radical (unpaired) electrons. The van der Waals surface area contributed by atoms with Crippen LogP contribution in [0.3, 0.4) is 0 Å². The zero-order valence-corrected chi connectivity index (χ0v) is 16.5. The Morgan fingerprint density at radius 1 is 1.43 bits per heavy atom. The molecule has 0 bridgehead atoms. The number of benzene rings is 1. The maximum absolute atomic E-state index is 12.7. The molecular weight excluding hydrogens is 544 g/mol. The van der Waals surface area contributed by atoms with Crippen LogP contribution in [0.2, 0.25) is 10.0 Å². The van der Waals surface area contributed by atoms with Crippen LogP contribution in [-0.4, -0.2) is 9.91 Å². The summed E-state index contributed by atoms with van der Waals surface area (Å²) < 4.78 is 12.7. The molecule has 0 aliphatic carbocycles. The monoisotopic (exact) mass is 552 g/mol. The molecule has 2 rings (SSSR count). The Balaban J connectivity index is 0.000000370. The van der Waals surface area contributed by atoms with Gasteiger partial charge in [-0.2, -0.15) is 41.3 Å². The number of hydrogen-bond acceptors (Lipinski definition) is 3. The molecule has 4 nitrogen and oxygen atoms in total. The van der Waals surface area contributed by atoms with Crippen molar-refractivity contribution in [3.63, 3.8) is 0 Å². The van der Waals surface area contributed by atoms with Crippen LogP contribution in [0.25, 0.3) is 0 Å². The predicted molar refractivity (Wildman–Crippen MR) is 75.2 cm³/mol. The summed E-state index contributed by atoms with van der Waals surface area (Å²) in [4.78, 5) is 12.8. The zero-order valence-electron chi connectivity index (χ0n) is 10.8. The molecule has 21 heavy (non-hydrogen) atoms. The van der Waals surface area contributed by atoms with Crippen LogP contribution >= 0.6 is 23.2 Å². The van der Waals surface area contributed by atoms with Crippen molar-refractivity contribution in [3.05, 3.63) is 74.5 Å². The van der Waals surface area contributed by atoms with Crippen molar-refractivity contribution in [2.45, 2.75) is 6.92 Å². The minimum atomic E-state index is -0.583. The van der Waals surface area contributed by atoms with E-state index in [2.05, 4.69) is 11.1 Å². The van der Waals surface area contributed by atoms with Crippen molar-refractivity contribution in [2.75, 3.05) is 0 Å². The molecule has 1 aromatic carbocycles. The first-order valence-corrected chi connectivity index (χ1v) is 6.13. The van der Waals surface area contributed by atoms with Gasteiger partial charge in [-0.25, -0.2) is 10.5 Å². The molecule has 0 unspecified atom stereocenters. The Hall–Kier alpha value is -0.798. The molecule has 0 saturated carbocycles. The summed E-state index contributed by atoms with van der Waals surface area (Å²) in [5, 5.41) is 10.5. The first-order chi connectivity index (χ1) is 9.47. The van der Waals surface area contributed by atoms with Gasteiger partial charge in [0.2, 0.25) is 0 Å². The Labute approximate surface area is 155 Å². The topological polar surface area (TPSA) is 56.0 Å². The van der Waals surface area contributed by atoms with E-state index >= 15 is 0 Å². The number of hydrogen-bond donors (Lipinski definition) is 0. The summed E-state index contributed by atoms with van der Waals surface area (Å²) >= 11 is 11.3. The van der Waals surface area contributed by atoms with E-state index in [1.54, 1.807) is 19.4 Å². The molecule has 0 atom stereocenters. The molecule has 0 aliphatic heterocycles. The van der Waals surface area contributed by atoms with Crippen LogP contribution < -0.4 is 0 Å². The summed E-state index contributed by atoms with van der Waals surface area (Å²) in [5.41, 5.74) is 0.549.